The van der Waals surface area contributed by atoms with E-state index in [0.29, 0.717) is 0 Å². The Bertz CT molecular complexity index is 1050. The molecule has 1 fully saturated rings. The van der Waals surface area contributed by atoms with Crippen molar-refractivity contribution in [3.8, 4) is 0 Å². The van der Waals surface area contributed by atoms with Crippen molar-refractivity contribution < 1.29 is 47.6 Å². The molecule has 1 unspecified atom stereocenters. The molecule has 1 saturated heterocycles. The molecule has 3 rings (SSSR count). The average molecular weight is 474 g/mol. The number of nitrogens with one attached hydrogen (secondary N) is 1. The Hall–Kier alpha value is -1.16. The van der Waals surface area contributed by atoms with Gasteiger partial charge in [-0.15, -0.1) is 0 Å². The van der Waals surface area contributed by atoms with Crippen molar-refractivity contribution >= 4 is 38.6 Å². The molecule has 2 aromatic heterocycles. The Morgan fingerprint density at radius 1 is 1.31 bits per heavy atom. The maximum Gasteiger partial charge on any atom is 0.481 e. The van der Waals surface area contributed by atoms with Crippen molar-refractivity contribution in [2.24, 2.45) is 0 Å². The lowest BCUT2D eigenvalue weighted by molar-refractivity contribution is -0.0503. The van der Waals surface area contributed by atoms with Crippen molar-refractivity contribution in [2.75, 3.05) is 12.9 Å². The fourth-order valence-electron chi connectivity index (χ4n) is 2.61. The Balaban J connectivity index is 1.81. The van der Waals surface area contributed by atoms with E-state index in [1.165, 1.54) is 4.57 Å². The molecular weight excluding hydrogens is 458 g/mol. The molecule has 5 atom stereocenters. The third-order valence-corrected chi connectivity index (χ3v) is 6.56. The molecule has 0 saturated carbocycles. The summed E-state index contributed by atoms with van der Waals surface area (Å²) in [7, 11) is -10.5. The van der Waals surface area contributed by atoms with Crippen LogP contribution in [0.25, 0.3) is 11.2 Å². The van der Waals surface area contributed by atoms with Gasteiger partial charge in [0.15, 0.2) is 22.5 Å². The second kappa shape index (κ2) is 8.17. The zero-order valence-corrected chi connectivity index (χ0v) is 17.0. The van der Waals surface area contributed by atoms with Crippen LogP contribution in [0.2, 0.25) is 0 Å². The molecule has 15 nitrogen and oxygen atoms in total. The second-order valence-electron chi connectivity index (χ2n) is 5.78. The summed E-state index contributed by atoms with van der Waals surface area (Å²) >= 11 is 1.15. The number of thioether (sulfide) groups is 1. The van der Waals surface area contributed by atoms with Crippen LogP contribution >= 0.6 is 27.4 Å². The Morgan fingerprint density at radius 2 is 2.00 bits per heavy atom. The number of imidazole rings is 1. The van der Waals surface area contributed by atoms with Gasteiger partial charge in [-0.1, -0.05) is 11.8 Å². The molecule has 18 heteroatoms. The molecule has 162 valence electrons. The molecule has 0 bridgehead atoms. The lowest BCUT2D eigenvalue weighted by Crippen LogP contribution is -2.33. The van der Waals surface area contributed by atoms with E-state index >= 15 is 0 Å². The van der Waals surface area contributed by atoms with Crippen LogP contribution < -0.4 is 5.56 Å². The number of ether oxygens (including phenoxy) is 1. The molecule has 0 radical (unpaired) electrons. The topological polar surface area (TPSA) is 227 Å². The van der Waals surface area contributed by atoms with Crippen LogP contribution in [0.15, 0.2) is 16.3 Å². The maximum absolute atomic E-state index is 12.0. The van der Waals surface area contributed by atoms with Crippen LogP contribution in [0.4, 0.5) is 0 Å². The van der Waals surface area contributed by atoms with E-state index in [2.05, 4.69) is 23.8 Å². The zero-order valence-electron chi connectivity index (χ0n) is 14.4. The molecule has 0 amide bonds. The van der Waals surface area contributed by atoms with Crippen molar-refractivity contribution in [3.05, 3.63) is 16.7 Å². The number of aromatic amines is 1. The molecule has 0 aromatic carbocycles. The van der Waals surface area contributed by atoms with Gasteiger partial charge >= 0.3 is 15.6 Å². The Labute approximate surface area is 165 Å². The molecule has 6 N–H and O–H groups in total. The van der Waals surface area contributed by atoms with Crippen LogP contribution in [0.5, 0.6) is 0 Å². The van der Waals surface area contributed by atoms with E-state index in [4.69, 9.17) is 14.5 Å². The minimum Gasteiger partial charge on any atom is -0.387 e. The summed E-state index contributed by atoms with van der Waals surface area (Å²) in [6.07, 6.45) is -3.01. The molecule has 29 heavy (non-hydrogen) atoms. The minimum absolute atomic E-state index is 0.0392. The normalized spacial score (nSPS) is 27.4. The van der Waals surface area contributed by atoms with Gasteiger partial charge in [-0.25, -0.2) is 19.1 Å². The van der Waals surface area contributed by atoms with E-state index in [0.717, 1.165) is 18.1 Å². The number of rotatable bonds is 7. The largest absolute Gasteiger partial charge is 0.481 e. The molecule has 3 heterocycles. The number of aliphatic hydroxyl groups excluding tert-OH is 2. The molecule has 1 aliphatic rings. The molecule has 0 spiro atoms. The summed E-state index contributed by atoms with van der Waals surface area (Å²) in [4.78, 5) is 49.1. The lowest BCUT2D eigenvalue weighted by Gasteiger charge is -2.17. The third-order valence-electron chi connectivity index (χ3n) is 3.83. The second-order valence-corrected chi connectivity index (χ2v) is 9.41. The lowest BCUT2D eigenvalue weighted by atomic mass is 10.1. The van der Waals surface area contributed by atoms with Gasteiger partial charge in [0.2, 0.25) is 0 Å². The number of aromatic nitrogens is 4. The maximum atomic E-state index is 12.0. The van der Waals surface area contributed by atoms with Crippen molar-refractivity contribution in [1.82, 2.24) is 19.5 Å². The van der Waals surface area contributed by atoms with Gasteiger partial charge in [-0.05, 0) is 6.26 Å². The first-order chi connectivity index (χ1) is 13.4. The summed E-state index contributed by atoms with van der Waals surface area (Å²) in [5.41, 5.74) is -0.502. The average Bonchev–Trinajstić information content (AvgIpc) is 3.13. The van der Waals surface area contributed by atoms with Gasteiger partial charge in [-0.3, -0.25) is 18.9 Å². The number of aliphatic hydroxyl groups is 2. The van der Waals surface area contributed by atoms with E-state index in [1.54, 1.807) is 6.26 Å². The van der Waals surface area contributed by atoms with E-state index in [-0.39, 0.29) is 16.3 Å². The number of H-pyrrole nitrogens is 1. The number of hydrogen-bond acceptors (Lipinski definition) is 11. The summed E-state index contributed by atoms with van der Waals surface area (Å²) in [6, 6.07) is 0. The third kappa shape index (κ3) is 4.95. The smallest absolute Gasteiger partial charge is 0.387 e. The first kappa shape index (κ1) is 22.5. The minimum atomic E-state index is -5.31. The van der Waals surface area contributed by atoms with Crippen LogP contribution in [-0.4, -0.2) is 75.6 Å². The highest BCUT2D eigenvalue weighted by molar-refractivity contribution is 7.98. The number of hydrogen-bond donors (Lipinski definition) is 6. The molecule has 0 aliphatic carbocycles. The molecule has 1 aliphatic heterocycles. The van der Waals surface area contributed by atoms with E-state index < -0.39 is 52.4 Å². The van der Waals surface area contributed by atoms with E-state index in [1.807, 2.05) is 0 Å². The van der Waals surface area contributed by atoms with Gasteiger partial charge in [0.1, 0.15) is 18.3 Å². The Kier molecular flexibility index (Phi) is 6.34. The summed E-state index contributed by atoms with van der Waals surface area (Å²) in [5.74, 6) is 0. The quantitative estimate of drug-likeness (QED) is 0.156. The standard InChI is InChI=1S/C11H16N4O11P2S/c1-29-11-13-8-5(9(18)14-11)12-3-15(8)10-7(17)6(16)4(25-10)2-24-28(22,23)26-27(19,20)21/h3-4,6-7,10,16-17H,2H2,1H3,(H,22,23)(H,13,14,18)(H2,19,20,21)/t4-,6-,7-,10-/m1/s1. The predicted molar refractivity (Wildman–Crippen MR) is 94.8 cm³/mol. The summed E-state index contributed by atoms with van der Waals surface area (Å²) in [5, 5.41) is 20.7. The molecule has 2 aromatic rings. The van der Waals surface area contributed by atoms with Crippen LogP contribution in [-0.2, 0) is 22.7 Å². The van der Waals surface area contributed by atoms with Crippen LogP contribution in [0.1, 0.15) is 6.23 Å². The highest BCUT2D eigenvalue weighted by Gasteiger charge is 2.46. The van der Waals surface area contributed by atoms with Crippen LogP contribution in [0.3, 0.4) is 0 Å². The number of fused-ring (bicyclic) bond motifs is 1. The first-order valence-electron chi connectivity index (χ1n) is 7.68. The van der Waals surface area contributed by atoms with Crippen molar-refractivity contribution in [1.29, 1.82) is 0 Å². The van der Waals surface area contributed by atoms with Crippen LogP contribution in [0, 0.1) is 0 Å². The fourth-order valence-corrected chi connectivity index (χ4v) is 4.58. The Morgan fingerprint density at radius 3 is 2.62 bits per heavy atom. The van der Waals surface area contributed by atoms with Gasteiger partial charge in [0, 0.05) is 0 Å². The van der Waals surface area contributed by atoms with Crippen molar-refractivity contribution in [2.45, 2.75) is 29.7 Å². The first-order valence-corrected chi connectivity index (χ1v) is 11.9. The van der Waals surface area contributed by atoms with Gasteiger partial charge in [-0.2, -0.15) is 4.31 Å². The number of phosphoric ester groups is 1. The monoisotopic (exact) mass is 474 g/mol. The van der Waals surface area contributed by atoms with Gasteiger partial charge in [0.25, 0.3) is 5.56 Å². The SMILES string of the molecule is CSc1nc2c(ncn2[C@@H]2O[C@H](COP(=O)(O)OP(=O)(O)O)[C@@H](O)[C@H]2O)c(=O)[nH]1. The summed E-state index contributed by atoms with van der Waals surface area (Å²) < 4.78 is 36.9. The molecular formula is C11H16N4O11P2S. The predicted octanol–water partition coefficient (Wildman–Crippen LogP) is -1.31. The van der Waals surface area contributed by atoms with Gasteiger partial charge < -0.3 is 29.6 Å². The summed E-state index contributed by atoms with van der Waals surface area (Å²) in [6.45, 7) is -0.848. The van der Waals surface area contributed by atoms with Gasteiger partial charge in [0.05, 0.1) is 12.9 Å². The highest BCUT2D eigenvalue weighted by atomic mass is 32.2. The number of phosphoric acid groups is 2. The number of nitrogens with zero attached hydrogens (tertiary/aromatic N) is 3. The fraction of sp³-hybridized carbons (Fsp3) is 0.545. The van der Waals surface area contributed by atoms with E-state index in [9.17, 15) is 29.0 Å². The zero-order chi connectivity index (χ0) is 21.6. The highest BCUT2D eigenvalue weighted by Crippen LogP contribution is 2.57. The van der Waals surface area contributed by atoms with Crippen molar-refractivity contribution in [3.63, 3.8) is 0 Å².